The number of benzene rings is 2. The van der Waals surface area contributed by atoms with Gasteiger partial charge in [0.2, 0.25) is 11.8 Å². The van der Waals surface area contributed by atoms with E-state index in [0.29, 0.717) is 28.9 Å². The van der Waals surface area contributed by atoms with E-state index in [1.807, 2.05) is 42.5 Å². The zero-order valence-corrected chi connectivity index (χ0v) is 17.1. The molecule has 0 saturated heterocycles. The van der Waals surface area contributed by atoms with Crippen LogP contribution < -0.4 is 5.32 Å². The van der Waals surface area contributed by atoms with Gasteiger partial charge in [0, 0.05) is 27.9 Å². The van der Waals surface area contributed by atoms with E-state index in [4.69, 9.17) is 16.0 Å². The standard InChI is InChI=1S/C21H21ClN2O3S/c1-15-19(24-21(27-15)17-7-9-18(22)10-8-17)13-28(26)14-20(25)23-12-11-16-5-3-2-4-6-16/h2-10H,11-14H2,1H3,(H,23,25)/t28-/m0/s1. The van der Waals surface area contributed by atoms with Gasteiger partial charge in [-0.2, -0.15) is 0 Å². The Kier molecular flexibility index (Phi) is 7.01. The Labute approximate surface area is 171 Å². The second kappa shape index (κ2) is 9.66. The number of aromatic nitrogens is 1. The summed E-state index contributed by atoms with van der Waals surface area (Å²) in [5.41, 5.74) is 2.54. The summed E-state index contributed by atoms with van der Waals surface area (Å²) >= 11 is 5.89. The first-order valence-electron chi connectivity index (χ1n) is 8.89. The summed E-state index contributed by atoms with van der Waals surface area (Å²) in [4.78, 5) is 16.4. The summed E-state index contributed by atoms with van der Waals surface area (Å²) in [6, 6.07) is 17.0. The Bertz CT molecular complexity index is 956. The van der Waals surface area contributed by atoms with Crippen LogP contribution >= 0.6 is 11.6 Å². The van der Waals surface area contributed by atoms with Crippen molar-refractivity contribution in [2.75, 3.05) is 12.3 Å². The lowest BCUT2D eigenvalue weighted by molar-refractivity contribution is -0.118. The van der Waals surface area contributed by atoms with Crippen LogP contribution in [-0.2, 0) is 27.8 Å². The van der Waals surface area contributed by atoms with E-state index < -0.39 is 10.8 Å². The summed E-state index contributed by atoms with van der Waals surface area (Å²) in [5.74, 6) is 0.941. The van der Waals surface area contributed by atoms with Gasteiger partial charge in [-0.15, -0.1) is 0 Å². The Morgan fingerprint density at radius 2 is 1.86 bits per heavy atom. The summed E-state index contributed by atoms with van der Waals surface area (Å²) < 4.78 is 18.0. The summed E-state index contributed by atoms with van der Waals surface area (Å²) in [6.45, 7) is 2.29. The summed E-state index contributed by atoms with van der Waals surface area (Å²) in [6.07, 6.45) is 0.742. The molecule has 1 heterocycles. The predicted octanol–water partition coefficient (Wildman–Crippen LogP) is 3.91. The fraction of sp³-hybridized carbons (Fsp3) is 0.238. The Morgan fingerprint density at radius 3 is 2.57 bits per heavy atom. The average Bonchev–Trinajstić information content (AvgIpc) is 3.03. The molecule has 0 bridgehead atoms. The predicted molar refractivity (Wildman–Crippen MR) is 112 cm³/mol. The van der Waals surface area contributed by atoms with Crippen LogP contribution in [0.1, 0.15) is 17.0 Å². The minimum atomic E-state index is -1.36. The normalized spacial score (nSPS) is 11.9. The molecular weight excluding hydrogens is 396 g/mol. The first-order chi connectivity index (χ1) is 13.5. The molecule has 5 nitrogen and oxygen atoms in total. The number of carbonyl (C=O) groups excluding carboxylic acids is 1. The molecule has 1 atom stereocenters. The van der Waals surface area contributed by atoms with Gasteiger partial charge < -0.3 is 9.73 Å². The molecule has 28 heavy (non-hydrogen) atoms. The second-order valence-corrected chi connectivity index (χ2v) is 8.24. The first-order valence-corrected chi connectivity index (χ1v) is 10.8. The largest absolute Gasteiger partial charge is 0.441 e. The van der Waals surface area contributed by atoms with E-state index in [1.165, 1.54) is 0 Å². The molecular formula is C21H21ClN2O3S. The number of carbonyl (C=O) groups is 1. The molecule has 1 N–H and O–H groups in total. The highest BCUT2D eigenvalue weighted by Crippen LogP contribution is 2.24. The van der Waals surface area contributed by atoms with Crippen molar-refractivity contribution in [3.8, 4) is 11.5 Å². The number of hydrogen-bond donors (Lipinski definition) is 1. The molecule has 3 aromatic rings. The number of halogens is 1. The van der Waals surface area contributed by atoms with Crippen molar-refractivity contribution in [3.05, 3.63) is 76.6 Å². The molecule has 0 fully saturated rings. The number of oxazole rings is 1. The maximum atomic E-state index is 12.3. The molecule has 2 aromatic carbocycles. The molecule has 0 aliphatic heterocycles. The highest BCUT2D eigenvalue weighted by Gasteiger charge is 2.16. The van der Waals surface area contributed by atoms with Crippen molar-refractivity contribution in [2.24, 2.45) is 0 Å². The fourth-order valence-electron chi connectivity index (χ4n) is 2.67. The Morgan fingerprint density at radius 1 is 1.14 bits per heavy atom. The minimum Gasteiger partial charge on any atom is -0.441 e. The van der Waals surface area contributed by atoms with Gasteiger partial charge in [-0.25, -0.2) is 4.98 Å². The molecule has 1 amide bonds. The Hall–Kier alpha value is -2.44. The topological polar surface area (TPSA) is 72.2 Å². The molecule has 0 unspecified atom stereocenters. The van der Waals surface area contributed by atoms with Gasteiger partial charge >= 0.3 is 0 Å². The van der Waals surface area contributed by atoms with Gasteiger partial charge in [0.15, 0.2) is 0 Å². The third-order valence-electron chi connectivity index (χ3n) is 4.15. The highest BCUT2D eigenvalue weighted by molar-refractivity contribution is 7.84. The van der Waals surface area contributed by atoms with Crippen LogP contribution in [0.15, 0.2) is 59.0 Å². The SMILES string of the molecule is Cc1oc(-c2ccc(Cl)cc2)nc1C[S@](=O)CC(=O)NCCc1ccccc1. The third kappa shape index (κ3) is 5.78. The number of amides is 1. The van der Waals surface area contributed by atoms with Crippen LogP contribution in [0.2, 0.25) is 5.02 Å². The monoisotopic (exact) mass is 416 g/mol. The van der Waals surface area contributed by atoms with E-state index >= 15 is 0 Å². The first kappa shape index (κ1) is 20.3. The van der Waals surface area contributed by atoms with Gasteiger partial charge in [-0.3, -0.25) is 9.00 Å². The lowest BCUT2D eigenvalue weighted by Gasteiger charge is -2.05. The molecule has 0 aliphatic rings. The van der Waals surface area contributed by atoms with Crippen LogP contribution in [0.5, 0.6) is 0 Å². The fourth-order valence-corrected chi connectivity index (χ4v) is 3.86. The van der Waals surface area contributed by atoms with Crippen LogP contribution in [0.3, 0.4) is 0 Å². The van der Waals surface area contributed by atoms with E-state index in [9.17, 15) is 9.00 Å². The van der Waals surface area contributed by atoms with Crippen molar-refractivity contribution >= 4 is 28.3 Å². The maximum absolute atomic E-state index is 12.3. The lowest BCUT2D eigenvalue weighted by Crippen LogP contribution is -2.30. The van der Waals surface area contributed by atoms with Crippen molar-refractivity contribution in [1.82, 2.24) is 10.3 Å². The number of hydrogen-bond acceptors (Lipinski definition) is 4. The zero-order chi connectivity index (χ0) is 19.9. The zero-order valence-electron chi connectivity index (χ0n) is 15.5. The molecule has 0 saturated carbocycles. The smallest absolute Gasteiger partial charge is 0.232 e. The highest BCUT2D eigenvalue weighted by atomic mass is 35.5. The van der Waals surface area contributed by atoms with Crippen LogP contribution in [0.4, 0.5) is 0 Å². The molecule has 1 aromatic heterocycles. The average molecular weight is 417 g/mol. The summed E-state index contributed by atoms with van der Waals surface area (Å²) in [5, 5.41) is 3.44. The third-order valence-corrected chi connectivity index (χ3v) is 5.58. The van der Waals surface area contributed by atoms with Crippen LogP contribution in [0, 0.1) is 6.92 Å². The second-order valence-electron chi connectivity index (χ2n) is 6.34. The molecule has 0 spiro atoms. The van der Waals surface area contributed by atoms with Crippen molar-refractivity contribution in [1.29, 1.82) is 0 Å². The molecule has 0 radical (unpaired) electrons. The van der Waals surface area contributed by atoms with Crippen LogP contribution in [-0.4, -0.2) is 27.4 Å². The lowest BCUT2D eigenvalue weighted by atomic mass is 10.1. The van der Waals surface area contributed by atoms with Gasteiger partial charge in [-0.1, -0.05) is 41.9 Å². The Balaban J connectivity index is 1.50. The minimum absolute atomic E-state index is 0.0582. The number of aryl methyl sites for hydroxylation is 1. The molecule has 3 rings (SSSR count). The van der Waals surface area contributed by atoms with Gasteiger partial charge in [-0.05, 0) is 43.2 Å². The summed E-state index contributed by atoms with van der Waals surface area (Å²) in [7, 11) is -1.36. The maximum Gasteiger partial charge on any atom is 0.232 e. The molecule has 146 valence electrons. The molecule has 7 heteroatoms. The van der Waals surface area contributed by atoms with E-state index in [-0.39, 0.29) is 17.4 Å². The van der Waals surface area contributed by atoms with Crippen molar-refractivity contribution in [2.45, 2.75) is 19.1 Å². The molecule has 0 aliphatic carbocycles. The van der Waals surface area contributed by atoms with Crippen molar-refractivity contribution in [3.63, 3.8) is 0 Å². The van der Waals surface area contributed by atoms with Crippen molar-refractivity contribution < 1.29 is 13.4 Å². The van der Waals surface area contributed by atoms with Gasteiger partial charge in [0.1, 0.15) is 11.5 Å². The van der Waals surface area contributed by atoms with Crippen LogP contribution in [0.25, 0.3) is 11.5 Å². The van der Waals surface area contributed by atoms with E-state index in [0.717, 1.165) is 17.5 Å². The van der Waals surface area contributed by atoms with Gasteiger partial charge in [0.05, 0.1) is 11.4 Å². The number of rotatable bonds is 8. The quantitative estimate of drug-likeness (QED) is 0.604. The van der Waals surface area contributed by atoms with E-state index in [2.05, 4.69) is 10.3 Å². The van der Waals surface area contributed by atoms with Gasteiger partial charge in [0.25, 0.3) is 0 Å². The number of nitrogens with one attached hydrogen (secondary N) is 1. The number of nitrogens with zero attached hydrogens (tertiary/aromatic N) is 1. The van der Waals surface area contributed by atoms with E-state index in [1.54, 1.807) is 19.1 Å².